The lowest BCUT2D eigenvalue weighted by atomic mass is 10.1. The smallest absolute Gasteiger partial charge is 0.256 e. The third-order valence-corrected chi connectivity index (χ3v) is 3.84. The average Bonchev–Trinajstić information content (AvgIpc) is 2.63. The van der Waals surface area contributed by atoms with Gasteiger partial charge in [0, 0.05) is 42.3 Å². The summed E-state index contributed by atoms with van der Waals surface area (Å²) in [5.41, 5.74) is 8.67. The number of carbonyl (C=O) groups is 2. The fourth-order valence-corrected chi connectivity index (χ4v) is 2.44. The third-order valence-electron chi connectivity index (χ3n) is 3.84. The number of carbonyl (C=O) groups excluding carboxylic acids is 2. The SMILES string of the molecule is CCOCCCNC(=O)c1cccc(NC(=O)c2cc(N)ccc2C)c1. The summed E-state index contributed by atoms with van der Waals surface area (Å²) in [6.45, 7) is 5.61. The van der Waals surface area contributed by atoms with Crippen molar-refractivity contribution in [2.45, 2.75) is 20.3 Å². The molecular formula is C20H25N3O3. The van der Waals surface area contributed by atoms with Crippen molar-refractivity contribution in [3.05, 3.63) is 59.2 Å². The minimum absolute atomic E-state index is 0.183. The molecule has 0 heterocycles. The van der Waals surface area contributed by atoms with E-state index in [1.165, 1.54) is 0 Å². The molecular weight excluding hydrogens is 330 g/mol. The summed E-state index contributed by atoms with van der Waals surface area (Å²) in [6, 6.07) is 12.0. The second-order valence-electron chi connectivity index (χ2n) is 5.92. The molecule has 138 valence electrons. The van der Waals surface area contributed by atoms with Gasteiger partial charge in [0.05, 0.1) is 0 Å². The number of anilines is 2. The van der Waals surface area contributed by atoms with E-state index in [1.807, 2.05) is 13.8 Å². The predicted molar refractivity (Wildman–Crippen MR) is 103 cm³/mol. The van der Waals surface area contributed by atoms with E-state index < -0.39 is 0 Å². The number of aryl methyl sites for hydroxylation is 1. The Hall–Kier alpha value is -2.86. The first kappa shape index (κ1) is 19.5. The Morgan fingerprint density at radius 1 is 1.12 bits per heavy atom. The van der Waals surface area contributed by atoms with Gasteiger partial charge >= 0.3 is 0 Å². The van der Waals surface area contributed by atoms with E-state index in [2.05, 4.69) is 10.6 Å². The monoisotopic (exact) mass is 355 g/mol. The molecule has 0 saturated carbocycles. The van der Waals surface area contributed by atoms with Crippen LogP contribution in [0.1, 0.15) is 39.6 Å². The van der Waals surface area contributed by atoms with E-state index in [9.17, 15) is 9.59 Å². The van der Waals surface area contributed by atoms with Crippen LogP contribution in [0, 0.1) is 6.92 Å². The molecule has 0 spiro atoms. The molecule has 0 aromatic heterocycles. The summed E-state index contributed by atoms with van der Waals surface area (Å²) in [5, 5.41) is 5.65. The zero-order valence-electron chi connectivity index (χ0n) is 15.2. The topological polar surface area (TPSA) is 93.5 Å². The zero-order valence-corrected chi connectivity index (χ0v) is 15.2. The van der Waals surface area contributed by atoms with Crippen molar-refractivity contribution in [2.75, 3.05) is 30.8 Å². The van der Waals surface area contributed by atoms with Gasteiger partial charge in [-0.3, -0.25) is 9.59 Å². The molecule has 2 aromatic carbocycles. The second-order valence-corrected chi connectivity index (χ2v) is 5.92. The molecule has 0 radical (unpaired) electrons. The fraction of sp³-hybridized carbons (Fsp3) is 0.300. The Kier molecular flexibility index (Phi) is 7.17. The molecule has 2 aromatic rings. The minimum Gasteiger partial charge on any atom is -0.399 e. The van der Waals surface area contributed by atoms with Gasteiger partial charge in [-0.2, -0.15) is 0 Å². The Bertz CT molecular complexity index is 775. The first-order valence-electron chi connectivity index (χ1n) is 8.64. The van der Waals surface area contributed by atoms with Crippen molar-refractivity contribution in [3.8, 4) is 0 Å². The average molecular weight is 355 g/mol. The summed E-state index contributed by atoms with van der Waals surface area (Å²) in [4.78, 5) is 24.7. The van der Waals surface area contributed by atoms with Gasteiger partial charge in [-0.25, -0.2) is 0 Å². The van der Waals surface area contributed by atoms with Gasteiger partial charge in [0.15, 0.2) is 0 Å². The highest BCUT2D eigenvalue weighted by molar-refractivity contribution is 6.06. The maximum atomic E-state index is 12.5. The highest BCUT2D eigenvalue weighted by Gasteiger charge is 2.11. The number of benzene rings is 2. The molecule has 0 aliphatic heterocycles. The highest BCUT2D eigenvalue weighted by atomic mass is 16.5. The molecule has 0 aliphatic carbocycles. The summed E-state index contributed by atoms with van der Waals surface area (Å²) in [5.74, 6) is -0.443. The lowest BCUT2D eigenvalue weighted by Gasteiger charge is -2.10. The second kappa shape index (κ2) is 9.58. The Labute approximate surface area is 153 Å². The van der Waals surface area contributed by atoms with Gasteiger partial charge in [0.1, 0.15) is 0 Å². The van der Waals surface area contributed by atoms with Crippen molar-refractivity contribution >= 4 is 23.2 Å². The lowest BCUT2D eigenvalue weighted by Crippen LogP contribution is -2.25. The van der Waals surface area contributed by atoms with E-state index in [4.69, 9.17) is 10.5 Å². The van der Waals surface area contributed by atoms with Crippen LogP contribution < -0.4 is 16.4 Å². The standard InChI is InChI=1S/C20H25N3O3/c1-3-26-11-5-10-22-19(24)15-6-4-7-17(12-15)23-20(25)18-13-16(21)9-8-14(18)2/h4,6-9,12-13H,3,5,10-11,21H2,1-2H3,(H,22,24)(H,23,25). The van der Waals surface area contributed by atoms with Crippen molar-refractivity contribution in [2.24, 2.45) is 0 Å². The van der Waals surface area contributed by atoms with Crippen LogP contribution in [-0.4, -0.2) is 31.6 Å². The first-order valence-corrected chi connectivity index (χ1v) is 8.64. The van der Waals surface area contributed by atoms with Crippen LogP contribution in [0.5, 0.6) is 0 Å². The van der Waals surface area contributed by atoms with Crippen molar-refractivity contribution in [1.29, 1.82) is 0 Å². The van der Waals surface area contributed by atoms with Crippen LogP contribution >= 0.6 is 0 Å². The molecule has 4 N–H and O–H groups in total. The molecule has 6 nitrogen and oxygen atoms in total. The fourth-order valence-electron chi connectivity index (χ4n) is 2.44. The molecule has 0 aliphatic rings. The van der Waals surface area contributed by atoms with E-state index >= 15 is 0 Å². The van der Waals surface area contributed by atoms with Crippen molar-refractivity contribution in [1.82, 2.24) is 5.32 Å². The number of nitrogen functional groups attached to an aromatic ring is 1. The molecule has 0 saturated heterocycles. The number of rotatable bonds is 8. The maximum absolute atomic E-state index is 12.5. The highest BCUT2D eigenvalue weighted by Crippen LogP contribution is 2.16. The molecule has 2 amide bonds. The number of hydrogen-bond acceptors (Lipinski definition) is 4. The Morgan fingerprint density at radius 3 is 2.69 bits per heavy atom. The van der Waals surface area contributed by atoms with Crippen LogP contribution in [0.25, 0.3) is 0 Å². The molecule has 0 atom stereocenters. The van der Waals surface area contributed by atoms with E-state index in [0.29, 0.717) is 42.3 Å². The molecule has 6 heteroatoms. The summed E-state index contributed by atoms with van der Waals surface area (Å²) in [7, 11) is 0. The van der Waals surface area contributed by atoms with Gasteiger partial charge in [0.25, 0.3) is 11.8 Å². The van der Waals surface area contributed by atoms with E-state index in [-0.39, 0.29) is 11.8 Å². The summed E-state index contributed by atoms with van der Waals surface area (Å²) >= 11 is 0. The van der Waals surface area contributed by atoms with Crippen LogP contribution in [0.2, 0.25) is 0 Å². The zero-order chi connectivity index (χ0) is 18.9. The Balaban J connectivity index is 1.99. The predicted octanol–water partition coefficient (Wildman–Crippen LogP) is 2.99. The molecule has 26 heavy (non-hydrogen) atoms. The molecule has 0 bridgehead atoms. The largest absolute Gasteiger partial charge is 0.399 e. The summed E-state index contributed by atoms with van der Waals surface area (Å²) < 4.78 is 5.24. The van der Waals surface area contributed by atoms with Crippen LogP contribution in [-0.2, 0) is 4.74 Å². The van der Waals surface area contributed by atoms with Gasteiger partial charge < -0.3 is 21.1 Å². The number of ether oxygens (including phenoxy) is 1. The normalized spacial score (nSPS) is 10.4. The quantitative estimate of drug-likeness (QED) is 0.501. The number of nitrogens with two attached hydrogens (primary N) is 1. The van der Waals surface area contributed by atoms with Crippen LogP contribution in [0.15, 0.2) is 42.5 Å². The molecule has 0 unspecified atom stereocenters. The van der Waals surface area contributed by atoms with E-state index in [1.54, 1.807) is 42.5 Å². The third kappa shape index (κ3) is 5.60. The van der Waals surface area contributed by atoms with Crippen LogP contribution in [0.4, 0.5) is 11.4 Å². The number of amides is 2. The number of nitrogens with one attached hydrogen (secondary N) is 2. The maximum Gasteiger partial charge on any atom is 0.256 e. The number of hydrogen-bond donors (Lipinski definition) is 3. The van der Waals surface area contributed by atoms with Crippen LogP contribution in [0.3, 0.4) is 0 Å². The first-order chi connectivity index (χ1) is 12.5. The van der Waals surface area contributed by atoms with Crippen molar-refractivity contribution < 1.29 is 14.3 Å². The van der Waals surface area contributed by atoms with Gasteiger partial charge in [0.2, 0.25) is 0 Å². The van der Waals surface area contributed by atoms with Gasteiger partial charge in [-0.1, -0.05) is 12.1 Å². The van der Waals surface area contributed by atoms with Crippen molar-refractivity contribution in [3.63, 3.8) is 0 Å². The summed E-state index contributed by atoms with van der Waals surface area (Å²) in [6.07, 6.45) is 0.755. The van der Waals surface area contributed by atoms with Gasteiger partial charge in [-0.15, -0.1) is 0 Å². The molecule has 2 rings (SSSR count). The molecule has 0 fully saturated rings. The van der Waals surface area contributed by atoms with Gasteiger partial charge in [-0.05, 0) is 56.2 Å². The Morgan fingerprint density at radius 2 is 1.92 bits per heavy atom. The van der Waals surface area contributed by atoms with E-state index in [0.717, 1.165) is 12.0 Å². The minimum atomic E-state index is -0.260. The lowest BCUT2D eigenvalue weighted by molar-refractivity contribution is 0.0943.